The van der Waals surface area contributed by atoms with Gasteiger partial charge in [-0.1, -0.05) is 0 Å². The van der Waals surface area contributed by atoms with Crippen LogP contribution in [0.25, 0.3) is 0 Å². The lowest BCUT2D eigenvalue weighted by Gasteiger charge is -2.24. The van der Waals surface area contributed by atoms with E-state index in [1.807, 2.05) is 6.92 Å². The third-order valence-corrected chi connectivity index (χ3v) is 2.18. The fourth-order valence-electron chi connectivity index (χ4n) is 1.66. The zero-order chi connectivity index (χ0) is 9.90. The van der Waals surface area contributed by atoms with Crippen molar-refractivity contribution in [1.82, 2.24) is 5.32 Å². The second-order valence-corrected chi connectivity index (χ2v) is 3.44. The molecule has 2 unspecified atom stereocenters. The van der Waals surface area contributed by atoms with Crippen molar-refractivity contribution in [2.75, 3.05) is 6.61 Å². The van der Waals surface area contributed by atoms with E-state index in [0.29, 0.717) is 12.8 Å². The molecular formula is C8H13NO4. The van der Waals surface area contributed by atoms with Gasteiger partial charge in [0, 0.05) is 0 Å². The van der Waals surface area contributed by atoms with Crippen molar-refractivity contribution >= 4 is 12.4 Å². The highest BCUT2D eigenvalue weighted by Crippen LogP contribution is 2.26. The van der Waals surface area contributed by atoms with Gasteiger partial charge in [-0.2, -0.15) is 0 Å². The van der Waals surface area contributed by atoms with Crippen molar-refractivity contribution in [2.24, 2.45) is 0 Å². The number of ether oxygens (including phenoxy) is 1. The van der Waals surface area contributed by atoms with Gasteiger partial charge in [-0.05, 0) is 13.3 Å². The highest BCUT2D eigenvalue weighted by atomic mass is 16.5. The Morgan fingerprint density at radius 3 is 2.92 bits per heavy atom. The number of carboxylic acids is 1. The molecule has 5 nitrogen and oxygen atoms in total. The number of hydrogen-bond donors (Lipinski definition) is 2. The van der Waals surface area contributed by atoms with Crippen molar-refractivity contribution in [3.05, 3.63) is 0 Å². The number of hydrogen-bond acceptors (Lipinski definition) is 3. The Balaban J connectivity index is 2.64. The van der Waals surface area contributed by atoms with Crippen LogP contribution in [0.3, 0.4) is 0 Å². The second kappa shape index (κ2) is 3.74. The quantitative estimate of drug-likeness (QED) is 0.595. The fraction of sp³-hybridized carbons (Fsp3) is 0.750. The summed E-state index contributed by atoms with van der Waals surface area (Å²) < 4.78 is 5.24. The van der Waals surface area contributed by atoms with Crippen LogP contribution in [0.1, 0.15) is 19.8 Å². The lowest BCUT2D eigenvalue weighted by molar-refractivity contribution is -0.138. The van der Waals surface area contributed by atoms with Crippen molar-refractivity contribution in [3.8, 4) is 0 Å². The number of rotatable bonds is 4. The molecule has 13 heavy (non-hydrogen) atoms. The number of nitrogens with one attached hydrogen (secondary N) is 1. The van der Waals surface area contributed by atoms with Gasteiger partial charge in [0.1, 0.15) is 0 Å². The molecule has 0 aliphatic carbocycles. The monoisotopic (exact) mass is 187 g/mol. The van der Waals surface area contributed by atoms with Gasteiger partial charge in [0.15, 0.2) is 0 Å². The minimum Gasteiger partial charge on any atom is -0.481 e. The van der Waals surface area contributed by atoms with E-state index in [0.717, 1.165) is 0 Å². The first-order chi connectivity index (χ1) is 6.08. The summed E-state index contributed by atoms with van der Waals surface area (Å²) in [5.74, 6) is -0.924. The molecule has 1 rings (SSSR count). The molecule has 1 heterocycles. The van der Waals surface area contributed by atoms with Crippen molar-refractivity contribution in [3.63, 3.8) is 0 Å². The smallest absolute Gasteiger partial charge is 0.305 e. The van der Waals surface area contributed by atoms with E-state index in [-0.39, 0.29) is 19.1 Å². The molecule has 0 aromatic rings. The van der Waals surface area contributed by atoms with E-state index in [4.69, 9.17) is 9.84 Å². The number of carbonyl (C=O) groups is 2. The number of amides is 1. The molecular weight excluding hydrogens is 174 g/mol. The molecule has 2 atom stereocenters. The Bertz CT molecular complexity index is 218. The average molecular weight is 187 g/mol. The topological polar surface area (TPSA) is 75.6 Å². The van der Waals surface area contributed by atoms with Crippen molar-refractivity contribution in [1.29, 1.82) is 0 Å². The first-order valence-corrected chi connectivity index (χ1v) is 4.13. The minimum absolute atomic E-state index is 0.00630. The first kappa shape index (κ1) is 9.98. The van der Waals surface area contributed by atoms with Crippen molar-refractivity contribution in [2.45, 2.75) is 31.4 Å². The molecule has 74 valence electrons. The van der Waals surface area contributed by atoms with Crippen LogP contribution in [0, 0.1) is 0 Å². The Morgan fingerprint density at radius 2 is 2.54 bits per heavy atom. The standard InChI is InChI=1S/C8H13NO4/c1-6-2-8(4-13-6,9-5-10)3-7(11)12/h5-6H,2-4H2,1H3,(H,9,10)(H,11,12). The van der Waals surface area contributed by atoms with Crippen LogP contribution in [0.5, 0.6) is 0 Å². The Kier molecular flexibility index (Phi) is 2.87. The number of carboxylic acid groups (broad SMARTS) is 1. The van der Waals surface area contributed by atoms with Gasteiger partial charge < -0.3 is 15.2 Å². The Hall–Kier alpha value is -1.10. The van der Waals surface area contributed by atoms with Crippen LogP contribution >= 0.6 is 0 Å². The summed E-state index contributed by atoms with van der Waals surface area (Å²) in [4.78, 5) is 20.8. The third-order valence-electron chi connectivity index (χ3n) is 2.18. The first-order valence-electron chi connectivity index (χ1n) is 4.13. The van der Waals surface area contributed by atoms with Crippen LogP contribution in [0.2, 0.25) is 0 Å². The van der Waals surface area contributed by atoms with Crippen LogP contribution in [0.4, 0.5) is 0 Å². The molecule has 0 aromatic carbocycles. The molecule has 0 spiro atoms. The van der Waals surface area contributed by atoms with E-state index in [9.17, 15) is 9.59 Å². The summed E-state index contributed by atoms with van der Waals surface area (Å²) in [6.45, 7) is 2.13. The minimum atomic E-state index is -0.924. The predicted molar refractivity (Wildman–Crippen MR) is 44.2 cm³/mol. The molecule has 0 saturated carbocycles. The molecule has 0 bridgehead atoms. The van der Waals surface area contributed by atoms with Gasteiger partial charge in [0.2, 0.25) is 6.41 Å². The molecule has 1 fully saturated rings. The summed E-state index contributed by atoms with van der Waals surface area (Å²) in [5, 5.41) is 11.2. The highest BCUT2D eigenvalue weighted by Gasteiger charge is 2.40. The number of aliphatic carboxylic acids is 1. The maximum Gasteiger partial charge on any atom is 0.305 e. The summed E-state index contributed by atoms with van der Waals surface area (Å²) in [5.41, 5.74) is -0.701. The SMILES string of the molecule is CC1CC(CC(=O)O)(NC=O)CO1. The normalized spacial score (nSPS) is 32.8. The lowest BCUT2D eigenvalue weighted by atomic mass is 9.92. The molecule has 1 aliphatic rings. The summed E-state index contributed by atoms with van der Waals surface area (Å²) in [6, 6.07) is 0. The van der Waals surface area contributed by atoms with Crippen LogP contribution < -0.4 is 5.32 Å². The summed E-state index contributed by atoms with van der Waals surface area (Å²) in [6.07, 6.45) is 1.00. The predicted octanol–water partition coefficient (Wildman–Crippen LogP) is -0.245. The molecule has 5 heteroatoms. The Morgan fingerprint density at radius 1 is 1.85 bits per heavy atom. The van der Waals surface area contributed by atoms with Gasteiger partial charge in [-0.3, -0.25) is 9.59 Å². The van der Waals surface area contributed by atoms with E-state index in [1.165, 1.54) is 0 Å². The molecule has 2 N–H and O–H groups in total. The van der Waals surface area contributed by atoms with E-state index < -0.39 is 11.5 Å². The van der Waals surface area contributed by atoms with Gasteiger partial charge >= 0.3 is 5.97 Å². The van der Waals surface area contributed by atoms with Gasteiger partial charge in [0.25, 0.3) is 0 Å². The number of carbonyl (C=O) groups excluding carboxylic acids is 1. The summed E-state index contributed by atoms with van der Waals surface area (Å²) >= 11 is 0. The Labute approximate surface area is 76.1 Å². The van der Waals surface area contributed by atoms with E-state index >= 15 is 0 Å². The zero-order valence-corrected chi connectivity index (χ0v) is 7.45. The fourth-order valence-corrected chi connectivity index (χ4v) is 1.66. The van der Waals surface area contributed by atoms with Crippen molar-refractivity contribution < 1.29 is 19.4 Å². The maximum absolute atomic E-state index is 10.5. The van der Waals surface area contributed by atoms with E-state index in [1.54, 1.807) is 0 Å². The largest absolute Gasteiger partial charge is 0.481 e. The molecule has 1 amide bonds. The van der Waals surface area contributed by atoms with Gasteiger partial charge in [0.05, 0.1) is 24.7 Å². The highest BCUT2D eigenvalue weighted by molar-refractivity contribution is 5.69. The molecule has 0 aromatic heterocycles. The lowest BCUT2D eigenvalue weighted by Crippen LogP contribution is -2.47. The van der Waals surface area contributed by atoms with Gasteiger partial charge in [-0.15, -0.1) is 0 Å². The maximum atomic E-state index is 10.5. The van der Waals surface area contributed by atoms with E-state index in [2.05, 4.69) is 5.32 Å². The molecule has 1 saturated heterocycles. The molecule has 1 aliphatic heterocycles. The second-order valence-electron chi connectivity index (χ2n) is 3.44. The van der Waals surface area contributed by atoms with Crippen LogP contribution in [-0.2, 0) is 14.3 Å². The molecule has 0 radical (unpaired) electrons. The zero-order valence-electron chi connectivity index (χ0n) is 7.45. The van der Waals surface area contributed by atoms with Crippen LogP contribution in [0.15, 0.2) is 0 Å². The average Bonchev–Trinajstić information content (AvgIpc) is 2.31. The van der Waals surface area contributed by atoms with Crippen LogP contribution in [-0.4, -0.2) is 35.7 Å². The van der Waals surface area contributed by atoms with Gasteiger partial charge in [-0.25, -0.2) is 0 Å². The summed E-state index contributed by atoms with van der Waals surface area (Å²) in [7, 11) is 0. The third kappa shape index (κ3) is 2.42.